The summed E-state index contributed by atoms with van der Waals surface area (Å²) in [4.78, 5) is 14.2. The Morgan fingerprint density at radius 3 is 2.94 bits per heavy atom. The van der Waals surface area contributed by atoms with Crippen molar-refractivity contribution in [1.29, 1.82) is 0 Å². The van der Waals surface area contributed by atoms with Crippen molar-refractivity contribution < 1.29 is 4.79 Å². The van der Waals surface area contributed by atoms with Crippen LogP contribution in [0.1, 0.15) is 30.3 Å². The Morgan fingerprint density at radius 1 is 1.59 bits per heavy atom. The first-order valence-corrected chi connectivity index (χ1v) is 6.02. The van der Waals surface area contributed by atoms with Crippen LogP contribution in [0.3, 0.4) is 0 Å². The first-order valence-electron chi connectivity index (χ1n) is 6.02. The van der Waals surface area contributed by atoms with Crippen LogP contribution in [0.5, 0.6) is 0 Å². The molecule has 4 heteroatoms. The van der Waals surface area contributed by atoms with E-state index in [0.29, 0.717) is 11.6 Å². The van der Waals surface area contributed by atoms with Crippen LogP contribution in [0.25, 0.3) is 0 Å². The van der Waals surface area contributed by atoms with Crippen LogP contribution in [0, 0.1) is 5.92 Å². The minimum absolute atomic E-state index is 0.0796. The molecule has 0 N–H and O–H groups in total. The third-order valence-corrected chi connectivity index (χ3v) is 3.45. The number of carbonyl (C=O) groups is 1. The number of carbonyl (C=O) groups excluding carboxylic acids is 1. The van der Waals surface area contributed by atoms with Gasteiger partial charge in [-0.3, -0.25) is 9.48 Å². The molecular formula is C13H19N3O. The van der Waals surface area contributed by atoms with E-state index in [-0.39, 0.29) is 5.91 Å². The Bertz CT molecular complexity index is 436. The highest BCUT2D eigenvalue weighted by atomic mass is 16.2. The Hall–Kier alpha value is -1.58. The van der Waals surface area contributed by atoms with Gasteiger partial charge in [0, 0.05) is 26.3 Å². The fraction of sp³-hybridized carbons (Fsp3) is 0.538. The number of aryl methyl sites for hydroxylation is 1. The third-order valence-electron chi connectivity index (χ3n) is 3.45. The first kappa shape index (κ1) is 11.9. The van der Waals surface area contributed by atoms with E-state index >= 15 is 0 Å². The van der Waals surface area contributed by atoms with Gasteiger partial charge in [-0.15, -0.1) is 0 Å². The quantitative estimate of drug-likeness (QED) is 0.731. The SMILES string of the molecule is C=C(C)C1CCCN(C(=O)c2ccnn2C)C1. The van der Waals surface area contributed by atoms with Gasteiger partial charge in [0.2, 0.25) is 0 Å². The number of amides is 1. The lowest BCUT2D eigenvalue weighted by molar-refractivity contribution is 0.0680. The summed E-state index contributed by atoms with van der Waals surface area (Å²) >= 11 is 0. The zero-order valence-corrected chi connectivity index (χ0v) is 10.5. The average Bonchev–Trinajstić information content (AvgIpc) is 2.74. The van der Waals surface area contributed by atoms with Crippen molar-refractivity contribution in [3.05, 3.63) is 30.1 Å². The second kappa shape index (κ2) is 4.73. The molecule has 0 radical (unpaired) electrons. The summed E-state index contributed by atoms with van der Waals surface area (Å²) < 4.78 is 1.63. The molecule has 2 rings (SSSR count). The van der Waals surface area contributed by atoms with E-state index in [1.54, 1.807) is 24.0 Å². The summed E-state index contributed by atoms with van der Waals surface area (Å²) in [7, 11) is 1.80. The third kappa shape index (κ3) is 2.40. The highest BCUT2D eigenvalue weighted by Crippen LogP contribution is 2.23. The zero-order chi connectivity index (χ0) is 12.4. The molecule has 1 atom stereocenters. The second-order valence-electron chi connectivity index (χ2n) is 4.78. The van der Waals surface area contributed by atoms with Gasteiger partial charge in [0.1, 0.15) is 5.69 Å². The molecule has 0 saturated carbocycles. The Morgan fingerprint density at radius 2 is 2.35 bits per heavy atom. The van der Waals surface area contributed by atoms with E-state index in [2.05, 4.69) is 11.7 Å². The Labute approximate surface area is 102 Å². The summed E-state index contributed by atoms with van der Waals surface area (Å²) in [6.07, 6.45) is 3.86. The maximum absolute atomic E-state index is 12.3. The molecule has 1 aromatic heterocycles. The van der Waals surface area contributed by atoms with E-state index in [1.165, 1.54) is 5.57 Å². The van der Waals surface area contributed by atoms with Crippen molar-refractivity contribution in [1.82, 2.24) is 14.7 Å². The molecule has 0 spiro atoms. The molecule has 1 amide bonds. The number of nitrogens with zero attached hydrogens (tertiary/aromatic N) is 3. The molecule has 0 aromatic carbocycles. The molecular weight excluding hydrogens is 214 g/mol. The average molecular weight is 233 g/mol. The van der Waals surface area contributed by atoms with Crippen molar-refractivity contribution in [2.75, 3.05) is 13.1 Å². The number of piperidine rings is 1. The second-order valence-corrected chi connectivity index (χ2v) is 4.78. The predicted molar refractivity (Wildman–Crippen MR) is 66.6 cm³/mol. The van der Waals surface area contributed by atoms with E-state index in [1.807, 2.05) is 11.8 Å². The van der Waals surface area contributed by atoms with Crippen molar-refractivity contribution in [2.24, 2.45) is 13.0 Å². The van der Waals surface area contributed by atoms with Gasteiger partial charge in [0.25, 0.3) is 5.91 Å². The van der Waals surface area contributed by atoms with Crippen molar-refractivity contribution in [3.8, 4) is 0 Å². The fourth-order valence-corrected chi connectivity index (χ4v) is 2.31. The molecule has 0 aliphatic carbocycles. The smallest absolute Gasteiger partial charge is 0.272 e. The highest BCUT2D eigenvalue weighted by molar-refractivity contribution is 5.92. The Balaban J connectivity index is 2.10. The molecule has 1 aliphatic heterocycles. The topological polar surface area (TPSA) is 38.1 Å². The highest BCUT2D eigenvalue weighted by Gasteiger charge is 2.25. The lowest BCUT2D eigenvalue weighted by Gasteiger charge is -2.33. The van der Waals surface area contributed by atoms with Gasteiger partial charge in [-0.1, -0.05) is 12.2 Å². The van der Waals surface area contributed by atoms with Crippen LogP contribution in [0.4, 0.5) is 0 Å². The van der Waals surface area contributed by atoms with Crippen molar-refractivity contribution in [3.63, 3.8) is 0 Å². The maximum Gasteiger partial charge on any atom is 0.272 e. The molecule has 1 saturated heterocycles. The molecule has 1 aliphatic rings. The molecule has 1 fully saturated rings. The molecule has 1 aromatic rings. The van der Waals surface area contributed by atoms with Gasteiger partial charge in [-0.2, -0.15) is 5.10 Å². The number of aromatic nitrogens is 2. The molecule has 4 nitrogen and oxygen atoms in total. The van der Waals surface area contributed by atoms with Gasteiger partial charge in [-0.05, 0) is 31.7 Å². The van der Waals surface area contributed by atoms with Crippen LogP contribution >= 0.6 is 0 Å². The van der Waals surface area contributed by atoms with Crippen molar-refractivity contribution in [2.45, 2.75) is 19.8 Å². The van der Waals surface area contributed by atoms with Crippen LogP contribution in [-0.2, 0) is 7.05 Å². The fourth-order valence-electron chi connectivity index (χ4n) is 2.31. The molecule has 92 valence electrons. The number of likely N-dealkylation sites (tertiary alicyclic amines) is 1. The van der Waals surface area contributed by atoms with Gasteiger partial charge in [0.05, 0.1) is 0 Å². The Kier molecular flexibility index (Phi) is 3.31. The van der Waals surface area contributed by atoms with Gasteiger partial charge >= 0.3 is 0 Å². The lowest BCUT2D eigenvalue weighted by Crippen LogP contribution is -2.40. The summed E-state index contributed by atoms with van der Waals surface area (Å²) in [5, 5.41) is 4.04. The minimum atomic E-state index is 0.0796. The minimum Gasteiger partial charge on any atom is -0.337 e. The van der Waals surface area contributed by atoms with Crippen LogP contribution in [0.15, 0.2) is 24.4 Å². The van der Waals surface area contributed by atoms with Gasteiger partial charge in [-0.25, -0.2) is 0 Å². The van der Waals surface area contributed by atoms with Gasteiger partial charge in [0.15, 0.2) is 0 Å². The van der Waals surface area contributed by atoms with E-state index in [0.717, 1.165) is 25.9 Å². The largest absolute Gasteiger partial charge is 0.337 e. The lowest BCUT2D eigenvalue weighted by atomic mass is 9.92. The van der Waals surface area contributed by atoms with E-state index < -0.39 is 0 Å². The zero-order valence-electron chi connectivity index (χ0n) is 10.5. The molecule has 17 heavy (non-hydrogen) atoms. The molecule has 0 bridgehead atoms. The predicted octanol–water partition coefficient (Wildman–Crippen LogP) is 1.85. The maximum atomic E-state index is 12.3. The van der Waals surface area contributed by atoms with Crippen molar-refractivity contribution >= 4 is 5.91 Å². The summed E-state index contributed by atoms with van der Waals surface area (Å²) in [6, 6.07) is 1.77. The molecule has 1 unspecified atom stereocenters. The monoisotopic (exact) mass is 233 g/mol. The summed E-state index contributed by atoms with van der Waals surface area (Å²) in [6.45, 7) is 7.67. The van der Waals surface area contributed by atoms with Crippen LogP contribution < -0.4 is 0 Å². The van der Waals surface area contributed by atoms with Crippen LogP contribution in [0.2, 0.25) is 0 Å². The standard InChI is InChI=1S/C13H19N3O/c1-10(2)11-5-4-8-16(9-11)13(17)12-6-7-14-15(12)3/h6-7,11H,1,4-5,8-9H2,2-3H3. The summed E-state index contributed by atoms with van der Waals surface area (Å²) in [5.74, 6) is 0.525. The number of rotatable bonds is 2. The van der Waals surface area contributed by atoms with Gasteiger partial charge < -0.3 is 4.90 Å². The van der Waals surface area contributed by atoms with E-state index in [9.17, 15) is 4.79 Å². The summed E-state index contributed by atoms with van der Waals surface area (Å²) in [5.41, 5.74) is 1.83. The normalized spacial score (nSPS) is 20.4. The number of hydrogen-bond donors (Lipinski definition) is 0. The number of hydrogen-bond acceptors (Lipinski definition) is 2. The van der Waals surface area contributed by atoms with E-state index in [4.69, 9.17) is 0 Å². The van der Waals surface area contributed by atoms with Crippen LogP contribution in [-0.4, -0.2) is 33.7 Å². The molecule has 2 heterocycles. The first-order chi connectivity index (χ1) is 8.09.